The van der Waals surface area contributed by atoms with Crippen LogP contribution in [0.2, 0.25) is 0 Å². The topological polar surface area (TPSA) is 83.9 Å². The summed E-state index contributed by atoms with van der Waals surface area (Å²) in [5.74, 6) is 0. The summed E-state index contributed by atoms with van der Waals surface area (Å²) in [4.78, 5) is 0.320. The Morgan fingerprint density at radius 1 is 1.44 bits per heavy atom. The van der Waals surface area contributed by atoms with Gasteiger partial charge in [-0.3, -0.25) is 0 Å². The first-order valence-corrected chi connectivity index (χ1v) is 6.77. The summed E-state index contributed by atoms with van der Waals surface area (Å²) in [5.41, 5.74) is 6.19. The third kappa shape index (κ3) is 3.33. The van der Waals surface area contributed by atoms with E-state index in [9.17, 15) is 8.42 Å². The molecule has 5 heteroatoms. The van der Waals surface area contributed by atoms with E-state index in [-0.39, 0.29) is 0 Å². The highest BCUT2D eigenvalue weighted by atomic mass is 32.2. The maximum Gasteiger partial charge on any atom is 0.175 e. The number of aryl methyl sites for hydroxylation is 1. The van der Waals surface area contributed by atoms with E-state index < -0.39 is 15.9 Å². The Morgan fingerprint density at radius 3 is 2.62 bits per heavy atom. The van der Waals surface area contributed by atoms with Crippen LogP contribution in [0.3, 0.4) is 0 Å². The zero-order valence-electron chi connectivity index (χ0n) is 9.05. The van der Waals surface area contributed by atoms with E-state index in [4.69, 9.17) is 11.0 Å². The lowest BCUT2D eigenvalue weighted by Crippen LogP contribution is -2.18. The highest BCUT2D eigenvalue weighted by molar-refractivity contribution is 7.90. The van der Waals surface area contributed by atoms with E-state index in [1.54, 1.807) is 24.3 Å². The van der Waals surface area contributed by atoms with Gasteiger partial charge >= 0.3 is 0 Å². The predicted octanol–water partition coefficient (Wildman–Crippen LogP) is 0.874. The molecule has 1 atom stereocenters. The molecule has 0 aliphatic carbocycles. The van der Waals surface area contributed by atoms with Crippen molar-refractivity contribution in [2.24, 2.45) is 5.73 Å². The van der Waals surface area contributed by atoms with Crippen LogP contribution in [0, 0.1) is 11.3 Å². The first-order valence-electron chi connectivity index (χ1n) is 4.88. The minimum atomic E-state index is -3.21. The molecule has 4 nitrogen and oxygen atoms in total. The van der Waals surface area contributed by atoms with Gasteiger partial charge < -0.3 is 5.73 Å². The molecule has 0 radical (unpaired) electrons. The fourth-order valence-electron chi connectivity index (χ4n) is 1.45. The van der Waals surface area contributed by atoms with Crippen molar-refractivity contribution < 1.29 is 8.42 Å². The van der Waals surface area contributed by atoms with Gasteiger partial charge in [0.2, 0.25) is 0 Å². The second kappa shape index (κ2) is 5.10. The molecular weight excluding hydrogens is 224 g/mol. The SMILES string of the molecule is CS(=O)(=O)c1ccccc1CCC(N)C#N. The molecule has 0 heterocycles. The smallest absolute Gasteiger partial charge is 0.175 e. The molecule has 0 saturated carbocycles. The summed E-state index contributed by atoms with van der Waals surface area (Å²) < 4.78 is 22.9. The maximum atomic E-state index is 11.5. The number of rotatable bonds is 4. The van der Waals surface area contributed by atoms with Crippen molar-refractivity contribution in [3.8, 4) is 6.07 Å². The normalized spacial score (nSPS) is 13.1. The van der Waals surface area contributed by atoms with E-state index in [1.165, 1.54) is 6.26 Å². The van der Waals surface area contributed by atoms with Crippen LogP contribution in [-0.4, -0.2) is 20.7 Å². The van der Waals surface area contributed by atoms with E-state index in [2.05, 4.69) is 0 Å². The minimum Gasteiger partial charge on any atom is -0.316 e. The van der Waals surface area contributed by atoms with Gasteiger partial charge in [-0.15, -0.1) is 0 Å². The third-order valence-corrected chi connectivity index (χ3v) is 3.46. The molecule has 0 fully saturated rings. The lowest BCUT2D eigenvalue weighted by Gasteiger charge is -2.08. The van der Waals surface area contributed by atoms with Gasteiger partial charge in [0, 0.05) is 6.26 Å². The van der Waals surface area contributed by atoms with Crippen LogP contribution in [0.1, 0.15) is 12.0 Å². The maximum absolute atomic E-state index is 11.5. The van der Waals surface area contributed by atoms with Crippen LogP contribution in [0.5, 0.6) is 0 Å². The van der Waals surface area contributed by atoms with Crippen LogP contribution >= 0.6 is 0 Å². The van der Waals surface area contributed by atoms with Crippen molar-refractivity contribution in [2.45, 2.75) is 23.8 Å². The Bertz CT molecular complexity index is 503. The molecule has 16 heavy (non-hydrogen) atoms. The molecule has 1 aromatic rings. The highest BCUT2D eigenvalue weighted by Crippen LogP contribution is 2.17. The fourth-order valence-corrected chi connectivity index (χ4v) is 2.42. The number of sulfone groups is 1. The Morgan fingerprint density at radius 2 is 2.06 bits per heavy atom. The number of hydrogen-bond acceptors (Lipinski definition) is 4. The predicted molar refractivity (Wildman–Crippen MR) is 61.5 cm³/mol. The molecule has 0 aromatic heterocycles. The number of benzene rings is 1. The summed E-state index contributed by atoms with van der Waals surface area (Å²) in [7, 11) is -3.21. The number of hydrogen-bond donors (Lipinski definition) is 1. The van der Waals surface area contributed by atoms with Gasteiger partial charge in [-0.05, 0) is 24.5 Å². The molecule has 0 amide bonds. The molecule has 2 N–H and O–H groups in total. The highest BCUT2D eigenvalue weighted by Gasteiger charge is 2.12. The lowest BCUT2D eigenvalue weighted by atomic mass is 10.1. The second-order valence-corrected chi connectivity index (χ2v) is 5.64. The average Bonchev–Trinajstić information content (AvgIpc) is 2.25. The van der Waals surface area contributed by atoms with E-state index in [0.717, 1.165) is 5.56 Å². The molecular formula is C11H14N2O2S. The Hall–Kier alpha value is -1.38. The Kier molecular flexibility index (Phi) is 4.05. The van der Waals surface area contributed by atoms with Crippen molar-refractivity contribution in [3.63, 3.8) is 0 Å². The molecule has 0 aliphatic rings. The van der Waals surface area contributed by atoms with Crippen LogP contribution in [0.4, 0.5) is 0 Å². The van der Waals surface area contributed by atoms with Crippen molar-refractivity contribution in [1.29, 1.82) is 5.26 Å². The van der Waals surface area contributed by atoms with Gasteiger partial charge in [0.05, 0.1) is 17.0 Å². The van der Waals surface area contributed by atoms with Crippen molar-refractivity contribution in [1.82, 2.24) is 0 Å². The number of nitrogens with two attached hydrogens (primary N) is 1. The van der Waals surface area contributed by atoms with E-state index in [1.807, 2.05) is 6.07 Å². The third-order valence-electron chi connectivity index (χ3n) is 2.26. The molecule has 1 unspecified atom stereocenters. The fraction of sp³-hybridized carbons (Fsp3) is 0.364. The van der Waals surface area contributed by atoms with Gasteiger partial charge in [0.1, 0.15) is 0 Å². The standard InChI is InChI=1S/C11H14N2O2S/c1-16(14,15)11-5-3-2-4-9(11)6-7-10(13)8-12/h2-5,10H,6-7,13H2,1H3. The second-order valence-electron chi connectivity index (χ2n) is 3.65. The van der Waals surface area contributed by atoms with E-state index >= 15 is 0 Å². The van der Waals surface area contributed by atoms with Crippen LogP contribution in [-0.2, 0) is 16.3 Å². The van der Waals surface area contributed by atoms with Gasteiger partial charge in [-0.2, -0.15) is 5.26 Å². The lowest BCUT2D eigenvalue weighted by molar-refractivity contribution is 0.599. The molecule has 0 bridgehead atoms. The van der Waals surface area contributed by atoms with Crippen molar-refractivity contribution in [3.05, 3.63) is 29.8 Å². The van der Waals surface area contributed by atoms with Gasteiger partial charge in [-0.1, -0.05) is 18.2 Å². The Labute approximate surface area is 95.6 Å². The monoisotopic (exact) mass is 238 g/mol. The first-order chi connectivity index (χ1) is 7.45. The zero-order chi connectivity index (χ0) is 12.2. The van der Waals surface area contributed by atoms with Crippen LogP contribution < -0.4 is 5.73 Å². The zero-order valence-corrected chi connectivity index (χ0v) is 9.87. The van der Waals surface area contributed by atoms with Gasteiger partial charge in [0.15, 0.2) is 9.84 Å². The Balaban J connectivity index is 2.94. The average molecular weight is 238 g/mol. The van der Waals surface area contributed by atoms with Gasteiger partial charge in [0.25, 0.3) is 0 Å². The van der Waals surface area contributed by atoms with E-state index in [0.29, 0.717) is 17.7 Å². The summed E-state index contributed by atoms with van der Waals surface area (Å²) in [6, 6.07) is 8.16. The summed E-state index contributed by atoms with van der Waals surface area (Å²) in [6.45, 7) is 0. The summed E-state index contributed by atoms with van der Waals surface area (Å²) in [6.07, 6.45) is 2.14. The molecule has 0 aliphatic heterocycles. The first kappa shape index (κ1) is 12.7. The minimum absolute atomic E-state index is 0.320. The summed E-state index contributed by atoms with van der Waals surface area (Å²) in [5, 5.41) is 8.55. The molecule has 0 spiro atoms. The largest absolute Gasteiger partial charge is 0.316 e. The van der Waals surface area contributed by atoms with Crippen molar-refractivity contribution in [2.75, 3.05) is 6.26 Å². The summed E-state index contributed by atoms with van der Waals surface area (Å²) >= 11 is 0. The number of nitrogens with zero attached hydrogens (tertiary/aromatic N) is 1. The van der Waals surface area contributed by atoms with Crippen LogP contribution in [0.25, 0.3) is 0 Å². The molecule has 0 saturated heterocycles. The quantitative estimate of drug-likeness (QED) is 0.843. The van der Waals surface area contributed by atoms with Crippen LogP contribution in [0.15, 0.2) is 29.2 Å². The molecule has 1 rings (SSSR count). The molecule has 86 valence electrons. The molecule has 1 aromatic carbocycles. The van der Waals surface area contributed by atoms with Gasteiger partial charge in [-0.25, -0.2) is 8.42 Å². The van der Waals surface area contributed by atoms with Crippen molar-refractivity contribution >= 4 is 9.84 Å². The number of nitriles is 1.